The minimum absolute atomic E-state index is 0.0307. The van der Waals surface area contributed by atoms with Crippen molar-refractivity contribution in [1.82, 2.24) is 5.32 Å². The normalized spacial score (nSPS) is 12.5. The molecule has 0 radical (unpaired) electrons. The quantitative estimate of drug-likeness (QED) is 0.524. The van der Waals surface area contributed by atoms with Crippen LogP contribution in [0.3, 0.4) is 0 Å². The minimum Gasteiger partial charge on any atom is -0.444 e. The minimum atomic E-state index is -3.40. The highest BCUT2D eigenvalue weighted by atomic mass is 32.2. The van der Waals surface area contributed by atoms with Crippen molar-refractivity contribution < 1.29 is 22.7 Å². The third-order valence-corrected chi connectivity index (χ3v) is 5.68. The number of alkyl carbamates (subject to hydrolysis) is 1. The maximum atomic E-state index is 12.9. The predicted octanol–water partition coefficient (Wildman–Crippen LogP) is 3.91. The number of rotatable bonds is 9. The number of benzene rings is 2. The summed E-state index contributed by atoms with van der Waals surface area (Å²) in [5.41, 5.74) is 1.06. The SMILES string of the molecule is CCCS(=O)(=O)Nc1ccc(NC(=O)C(Cc2ccccc2)NC(=O)OC(C)(C)C)cc1. The molecule has 2 rings (SSSR count). The number of hydrogen-bond acceptors (Lipinski definition) is 5. The molecular formula is C23H31N3O5S. The highest BCUT2D eigenvalue weighted by molar-refractivity contribution is 7.92. The van der Waals surface area contributed by atoms with Gasteiger partial charge in [0.25, 0.3) is 0 Å². The Hall–Kier alpha value is -3.07. The highest BCUT2D eigenvalue weighted by Crippen LogP contribution is 2.16. The van der Waals surface area contributed by atoms with Gasteiger partial charge in [0.05, 0.1) is 5.75 Å². The van der Waals surface area contributed by atoms with E-state index in [9.17, 15) is 18.0 Å². The standard InChI is InChI=1S/C23H31N3O5S/c1-5-15-32(29,30)26-19-13-11-18(12-14-19)24-21(27)20(16-17-9-7-6-8-10-17)25-22(28)31-23(2,3)4/h6-14,20,26H,5,15-16H2,1-4H3,(H,24,27)(H,25,28). The largest absolute Gasteiger partial charge is 0.444 e. The lowest BCUT2D eigenvalue weighted by atomic mass is 10.1. The molecule has 3 N–H and O–H groups in total. The zero-order valence-electron chi connectivity index (χ0n) is 18.8. The molecule has 0 aliphatic heterocycles. The maximum Gasteiger partial charge on any atom is 0.408 e. The second-order valence-electron chi connectivity index (χ2n) is 8.38. The monoisotopic (exact) mass is 461 g/mol. The summed E-state index contributed by atoms with van der Waals surface area (Å²) in [6.07, 6.45) is 0.104. The first-order valence-electron chi connectivity index (χ1n) is 10.4. The molecular weight excluding hydrogens is 430 g/mol. The number of sulfonamides is 1. The van der Waals surface area contributed by atoms with E-state index in [2.05, 4.69) is 15.4 Å². The lowest BCUT2D eigenvalue weighted by Crippen LogP contribution is -2.47. The number of ether oxygens (including phenoxy) is 1. The molecule has 0 fully saturated rings. The van der Waals surface area contributed by atoms with Gasteiger partial charge in [0.2, 0.25) is 15.9 Å². The van der Waals surface area contributed by atoms with E-state index in [4.69, 9.17) is 4.74 Å². The first-order valence-corrected chi connectivity index (χ1v) is 12.1. The summed E-state index contributed by atoms with van der Waals surface area (Å²) >= 11 is 0. The van der Waals surface area contributed by atoms with Crippen LogP contribution in [0.1, 0.15) is 39.7 Å². The van der Waals surface area contributed by atoms with Crippen LogP contribution in [0.15, 0.2) is 54.6 Å². The zero-order valence-corrected chi connectivity index (χ0v) is 19.7. The summed E-state index contributed by atoms with van der Waals surface area (Å²) in [5.74, 6) is -0.387. The fraction of sp³-hybridized carbons (Fsp3) is 0.391. The highest BCUT2D eigenvalue weighted by Gasteiger charge is 2.25. The van der Waals surface area contributed by atoms with Crippen LogP contribution < -0.4 is 15.4 Å². The predicted molar refractivity (Wildman–Crippen MR) is 126 cm³/mol. The van der Waals surface area contributed by atoms with E-state index in [1.807, 2.05) is 30.3 Å². The van der Waals surface area contributed by atoms with Gasteiger partial charge in [-0.05, 0) is 57.0 Å². The number of carbonyl (C=O) groups is 2. The Bertz CT molecular complexity index is 1000. The maximum absolute atomic E-state index is 12.9. The van der Waals surface area contributed by atoms with E-state index in [0.717, 1.165) is 5.56 Å². The Balaban J connectivity index is 2.10. The van der Waals surface area contributed by atoms with Crippen LogP contribution in [0.4, 0.5) is 16.2 Å². The number of amides is 2. The Labute approximate surface area is 189 Å². The van der Waals surface area contributed by atoms with Crippen molar-refractivity contribution in [2.75, 3.05) is 15.8 Å². The van der Waals surface area contributed by atoms with Gasteiger partial charge in [-0.15, -0.1) is 0 Å². The Kier molecular flexibility index (Phi) is 8.65. The fourth-order valence-electron chi connectivity index (χ4n) is 2.86. The Morgan fingerprint density at radius 3 is 2.12 bits per heavy atom. The molecule has 174 valence electrons. The van der Waals surface area contributed by atoms with Gasteiger partial charge < -0.3 is 15.4 Å². The molecule has 0 spiro atoms. The van der Waals surface area contributed by atoms with Gasteiger partial charge in [0.15, 0.2) is 0 Å². The lowest BCUT2D eigenvalue weighted by Gasteiger charge is -2.23. The molecule has 32 heavy (non-hydrogen) atoms. The van der Waals surface area contributed by atoms with Gasteiger partial charge >= 0.3 is 6.09 Å². The van der Waals surface area contributed by atoms with E-state index in [0.29, 0.717) is 17.8 Å². The lowest BCUT2D eigenvalue weighted by molar-refractivity contribution is -0.118. The van der Waals surface area contributed by atoms with Crippen LogP contribution in [0.25, 0.3) is 0 Å². The smallest absolute Gasteiger partial charge is 0.408 e. The summed E-state index contributed by atoms with van der Waals surface area (Å²) in [5, 5.41) is 5.39. The number of anilines is 2. The number of carbonyl (C=O) groups excluding carboxylic acids is 2. The van der Waals surface area contributed by atoms with Gasteiger partial charge in [0.1, 0.15) is 11.6 Å². The molecule has 0 aromatic heterocycles. The zero-order chi connectivity index (χ0) is 23.8. The molecule has 0 aliphatic rings. The second-order valence-corrected chi connectivity index (χ2v) is 10.2. The molecule has 0 saturated heterocycles. The van der Waals surface area contributed by atoms with Gasteiger partial charge in [-0.3, -0.25) is 9.52 Å². The third kappa shape index (κ3) is 8.97. The molecule has 2 aromatic carbocycles. The van der Waals surface area contributed by atoms with Crippen molar-refractivity contribution in [3.8, 4) is 0 Å². The molecule has 1 unspecified atom stereocenters. The molecule has 0 saturated carbocycles. The summed E-state index contributed by atoms with van der Waals surface area (Å²) in [4.78, 5) is 25.2. The van der Waals surface area contributed by atoms with Crippen LogP contribution in [0, 0.1) is 0 Å². The molecule has 2 aromatic rings. The van der Waals surface area contributed by atoms with Crippen molar-refractivity contribution >= 4 is 33.4 Å². The van der Waals surface area contributed by atoms with Gasteiger partial charge in [-0.1, -0.05) is 37.3 Å². The van der Waals surface area contributed by atoms with Crippen molar-refractivity contribution in [3.05, 3.63) is 60.2 Å². The van der Waals surface area contributed by atoms with Crippen LogP contribution >= 0.6 is 0 Å². The van der Waals surface area contributed by atoms with Crippen molar-refractivity contribution in [3.63, 3.8) is 0 Å². The second kappa shape index (κ2) is 11.0. The van der Waals surface area contributed by atoms with Crippen LogP contribution in [-0.4, -0.2) is 37.8 Å². The molecule has 9 heteroatoms. The first-order chi connectivity index (χ1) is 15.0. The van der Waals surface area contributed by atoms with E-state index in [1.165, 1.54) is 0 Å². The third-order valence-electron chi connectivity index (χ3n) is 4.19. The number of hydrogen-bond donors (Lipinski definition) is 3. The van der Waals surface area contributed by atoms with E-state index in [1.54, 1.807) is 52.0 Å². The summed E-state index contributed by atoms with van der Waals surface area (Å²) in [6, 6.07) is 14.8. The van der Waals surface area contributed by atoms with Gasteiger partial charge in [-0.2, -0.15) is 0 Å². The molecule has 8 nitrogen and oxygen atoms in total. The molecule has 1 atom stereocenters. The van der Waals surface area contributed by atoms with Crippen LogP contribution in [0.2, 0.25) is 0 Å². The van der Waals surface area contributed by atoms with Crippen molar-refractivity contribution in [2.45, 2.75) is 52.2 Å². The first kappa shape index (κ1) is 25.2. The van der Waals surface area contributed by atoms with E-state index >= 15 is 0 Å². The number of nitrogens with one attached hydrogen (secondary N) is 3. The molecule has 2 amide bonds. The van der Waals surface area contributed by atoms with Gasteiger partial charge in [0, 0.05) is 17.8 Å². The molecule has 0 aliphatic carbocycles. The fourth-order valence-corrected chi connectivity index (χ4v) is 3.99. The van der Waals surface area contributed by atoms with Crippen molar-refractivity contribution in [2.24, 2.45) is 0 Å². The average Bonchev–Trinajstić information content (AvgIpc) is 2.68. The van der Waals surface area contributed by atoms with E-state index < -0.39 is 33.7 Å². The van der Waals surface area contributed by atoms with E-state index in [-0.39, 0.29) is 12.2 Å². The van der Waals surface area contributed by atoms with Gasteiger partial charge in [-0.25, -0.2) is 13.2 Å². The summed E-state index contributed by atoms with van der Waals surface area (Å²) < 4.78 is 31.6. The molecule has 0 heterocycles. The average molecular weight is 462 g/mol. The topological polar surface area (TPSA) is 114 Å². The molecule has 0 bridgehead atoms. The Morgan fingerprint density at radius 1 is 0.969 bits per heavy atom. The summed E-state index contributed by atoms with van der Waals surface area (Å²) in [7, 11) is -3.40. The summed E-state index contributed by atoms with van der Waals surface area (Å²) in [6.45, 7) is 7.02. The van der Waals surface area contributed by atoms with Crippen molar-refractivity contribution in [1.29, 1.82) is 0 Å². The Morgan fingerprint density at radius 2 is 1.56 bits per heavy atom. The van der Waals surface area contributed by atoms with Crippen LogP contribution in [0.5, 0.6) is 0 Å². The van der Waals surface area contributed by atoms with Crippen LogP contribution in [-0.2, 0) is 26.0 Å².